The minimum Gasteiger partial charge on any atom is -0.494 e. The molecule has 9 nitrogen and oxygen atoms in total. The van der Waals surface area contributed by atoms with Gasteiger partial charge in [-0.25, -0.2) is 13.4 Å². The third-order valence-electron chi connectivity index (χ3n) is 6.61. The van der Waals surface area contributed by atoms with E-state index in [1.807, 2.05) is 42.8 Å². The Kier molecular flexibility index (Phi) is 6.31. The van der Waals surface area contributed by atoms with Crippen LogP contribution in [-0.2, 0) is 21.2 Å². The fourth-order valence-corrected chi connectivity index (χ4v) is 6.45. The molecule has 0 spiro atoms. The molecule has 0 bridgehead atoms. The van der Waals surface area contributed by atoms with Crippen LogP contribution >= 0.6 is 0 Å². The minimum atomic E-state index is -3.71. The van der Waals surface area contributed by atoms with E-state index in [1.165, 1.54) is 10.6 Å². The number of nitrogens with zero attached hydrogens (tertiary/aromatic N) is 3. The van der Waals surface area contributed by atoms with E-state index in [0.717, 1.165) is 16.5 Å². The highest BCUT2D eigenvalue weighted by Crippen LogP contribution is 2.37. The van der Waals surface area contributed by atoms with Gasteiger partial charge in [-0.2, -0.15) is 4.31 Å². The van der Waals surface area contributed by atoms with E-state index < -0.39 is 16.0 Å². The van der Waals surface area contributed by atoms with Gasteiger partial charge in [-0.15, -0.1) is 0 Å². The number of aromatic nitrogens is 2. The first-order valence-corrected chi connectivity index (χ1v) is 13.2. The highest BCUT2D eigenvalue weighted by Gasteiger charge is 2.38. The quantitative estimate of drug-likeness (QED) is 0.378. The van der Waals surface area contributed by atoms with Gasteiger partial charge < -0.3 is 18.8 Å². The Morgan fingerprint density at radius 3 is 2.64 bits per heavy atom. The summed E-state index contributed by atoms with van der Waals surface area (Å²) < 4.78 is 41.2. The number of hydrogen-bond acceptors (Lipinski definition) is 6. The van der Waals surface area contributed by atoms with Gasteiger partial charge in [0.2, 0.25) is 15.9 Å². The summed E-state index contributed by atoms with van der Waals surface area (Å²) in [5, 5.41) is 10.3. The van der Waals surface area contributed by atoms with Crippen LogP contribution < -0.4 is 4.74 Å². The average molecular weight is 510 g/mol. The van der Waals surface area contributed by atoms with Crippen molar-refractivity contribution >= 4 is 26.9 Å². The number of fused-ring (bicyclic) bond motifs is 1. The first-order valence-electron chi connectivity index (χ1n) is 11.8. The van der Waals surface area contributed by atoms with Crippen LogP contribution in [0.3, 0.4) is 0 Å². The molecule has 1 aliphatic rings. The van der Waals surface area contributed by atoms with Gasteiger partial charge in [0, 0.05) is 35.8 Å². The fourth-order valence-electron chi connectivity index (χ4n) is 4.89. The maximum atomic E-state index is 13.4. The lowest BCUT2D eigenvalue weighted by molar-refractivity contribution is -0.136. The van der Waals surface area contributed by atoms with E-state index in [9.17, 15) is 18.3 Å². The number of benzene rings is 2. The van der Waals surface area contributed by atoms with E-state index in [0.29, 0.717) is 30.4 Å². The number of rotatable bonds is 8. The predicted octanol–water partition coefficient (Wildman–Crippen LogP) is 4.20. The predicted molar refractivity (Wildman–Crippen MR) is 133 cm³/mol. The van der Waals surface area contributed by atoms with Crippen LogP contribution in [-0.4, -0.2) is 53.0 Å². The highest BCUT2D eigenvalue weighted by atomic mass is 32.2. The molecule has 36 heavy (non-hydrogen) atoms. The second-order valence-corrected chi connectivity index (χ2v) is 10.9. The Labute approximate surface area is 209 Å². The molecule has 1 aliphatic heterocycles. The summed E-state index contributed by atoms with van der Waals surface area (Å²) >= 11 is 0. The van der Waals surface area contributed by atoms with Crippen molar-refractivity contribution in [2.24, 2.45) is 5.92 Å². The zero-order valence-corrected chi connectivity index (χ0v) is 20.8. The molecule has 188 valence electrons. The number of oxazole rings is 1. The summed E-state index contributed by atoms with van der Waals surface area (Å²) in [6.07, 6.45) is 4.78. The Hall–Kier alpha value is -3.63. The normalized spacial score (nSPS) is 18.6. The van der Waals surface area contributed by atoms with Crippen molar-refractivity contribution in [3.05, 3.63) is 66.7 Å². The molecule has 1 saturated heterocycles. The van der Waals surface area contributed by atoms with Gasteiger partial charge in [0.1, 0.15) is 12.0 Å². The molecule has 2 aromatic carbocycles. The van der Waals surface area contributed by atoms with E-state index in [2.05, 4.69) is 4.98 Å². The molecule has 0 saturated carbocycles. The largest absolute Gasteiger partial charge is 0.494 e. The first-order chi connectivity index (χ1) is 17.3. The molecule has 4 aromatic rings. The second-order valence-electron chi connectivity index (χ2n) is 8.97. The summed E-state index contributed by atoms with van der Waals surface area (Å²) in [5.41, 5.74) is 2.26. The third-order valence-corrected chi connectivity index (χ3v) is 8.45. The highest BCUT2D eigenvalue weighted by molar-refractivity contribution is 7.89. The van der Waals surface area contributed by atoms with Crippen molar-refractivity contribution in [1.82, 2.24) is 13.9 Å². The summed E-state index contributed by atoms with van der Waals surface area (Å²) in [4.78, 5) is 16.0. The van der Waals surface area contributed by atoms with Crippen molar-refractivity contribution in [2.75, 3.05) is 19.7 Å². The Morgan fingerprint density at radius 2 is 1.97 bits per heavy atom. The number of sulfonamides is 1. The van der Waals surface area contributed by atoms with E-state index in [4.69, 9.17) is 9.15 Å². The SMILES string of the molecule is CCOc1ccc(S(=O)(=O)N2C[C@@H](C)[C@@H](n3cc(CC(=O)O)c4ccc(-c5ncco5)cc43)C2)cc1. The van der Waals surface area contributed by atoms with Crippen LogP contribution in [0.4, 0.5) is 0 Å². The Balaban J connectivity index is 1.51. The number of carboxylic acids is 1. The monoisotopic (exact) mass is 509 g/mol. The van der Waals surface area contributed by atoms with Crippen LogP contribution in [0.15, 0.2) is 70.4 Å². The van der Waals surface area contributed by atoms with Crippen molar-refractivity contribution < 1.29 is 27.5 Å². The molecule has 0 amide bonds. The second kappa shape index (κ2) is 9.44. The van der Waals surface area contributed by atoms with Crippen LogP contribution in [0, 0.1) is 5.92 Å². The molecular formula is C26H27N3O6S. The van der Waals surface area contributed by atoms with Gasteiger partial charge in [0.15, 0.2) is 0 Å². The van der Waals surface area contributed by atoms with Crippen molar-refractivity contribution in [1.29, 1.82) is 0 Å². The maximum absolute atomic E-state index is 13.4. The number of carboxylic acid groups (broad SMARTS) is 1. The molecule has 3 heterocycles. The number of carbonyl (C=O) groups is 1. The summed E-state index contributed by atoms with van der Waals surface area (Å²) in [6, 6.07) is 11.9. The van der Waals surface area contributed by atoms with Gasteiger partial charge >= 0.3 is 5.97 Å². The van der Waals surface area contributed by atoms with Crippen molar-refractivity contribution in [2.45, 2.75) is 31.2 Å². The molecule has 1 fully saturated rings. The lowest BCUT2D eigenvalue weighted by Crippen LogP contribution is -2.29. The molecule has 0 aliphatic carbocycles. The zero-order chi connectivity index (χ0) is 25.4. The molecule has 0 radical (unpaired) electrons. The molecule has 2 atom stereocenters. The average Bonchev–Trinajstić information content (AvgIpc) is 3.59. The number of hydrogen-bond donors (Lipinski definition) is 1. The van der Waals surface area contributed by atoms with Crippen molar-refractivity contribution in [3.8, 4) is 17.2 Å². The Morgan fingerprint density at radius 1 is 1.19 bits per heavy atom. The van der Waals surface area contributed by atoms with E-state index >= 15 is 0 Å². The summed E-state index contributed by atoms with van der Waals surface area (Å²) in [5.74, 6) is 0.158. The molecule has 5 rings (SSSR count). The molecule has 0 unspecified atom stereocenters. The molecule has 10 heteroatoms. The topological polar surface area (TPSA) is 115 Å². The van der Waals surface area contributed by atoms with Crippen LogP contribution in [0.25, 0.3) is 22.4 Å². The number of ether oxygens (including phenoxy) is 1. The van der Waals surface area contributed by atoms with Crippen LogP contribution in [0.5, 0.6) is 5.75 Å². The molecule has 1 N–H and O–H groups in total. The van der Waals surface area contributed by atoms with Gasteiger partial charge in [-0.05, 0) is 54.8 Å². The minimum absolute atomic E-state index is 0.00106. The standard InChI is InChI=1S/C26H27N3O6S/c1-3-34-20-5-7-21(8-6-20)36(32,33)28-14-17(2)24(16-28)29-15-19(13-25(30)31)22-9-4-18(12-23(22)29)26-27-10-11-35-26/h4-12,15,17,24H,3,13-14,16H2,1-2H3,(H,30,31)/t17-,24+/m1/s1. The van der Waals surface area contributed by atoms with Crippen LogP contribution in [0.1, 0.15) is 25.5 Å². The molecular weight excluding hydrogens is 482 g/mol. The summed E-state index contributed by atoms with van der Waals surface area (Å²) in [7, 11) is -3.71. The van der Waals surface area contributed by atoms with Gasteiger partial charge in [-0.1, -0.05) is 13.0 Å². The van der Waals surface area contributed by atoms with Gasteiger partial charge in [0.25, 0.3) is 0 Å². The van der Waals surface area contributed by atoms with E-state index in [-0.39, 0.29) is 29.8 Å². The lowest BCUT2D eigenvalue weighted by Gasteiger charge is -2.19. The lowest BCUT2D eigenvalue weighted by atomic mass is 10.1. The molecule has 2 aromatic heterocycles. The van der Waals surface area contributed by atoms with Crippen molar-refractivity contribution in [3.63, 3.8) is 0 Å². The van der Waals surface area contributed by atoms with Gasteiger partial charge in [0.05, 0.1) is 30.2 Å². The van der Waals surface area contributed by atoms with Crippen LogP contribution in [0.2, 0.25) is 0 Å². The first kappa shape index (κ1) is 24.1. The summed E-state index contributed by atoms with van der Waals surface area (Å²) in [6.45, 7) is 5.02. The van der Waals surface area contributed by atoms with Gasteiger partial charge in [-0.3, -0.25) is 4.79 Å². The fraction of sp³-hybridized carbons (Fsp3) is 0.308. The third kappa shape index (κ3) is 4.38. The maximum Gasteiger partial charge on any atom is 0.307 e. The smallest absolute Gasteiger partial charge is 0.307 e. The van der Waals surface area contributed by atoms with E-state index in [1.54, 1.807) is 30.5 Å². The zero-order valence-electron chi connectivity index (χ0n) is 20.0. The Bertz CT molecular complexity index is 1490. The number of aliphatic carboxylic acids is 1.